The van der Waals surface area contributed by atoms with Gasteiger partial charge in [-0.3, -0.25) is 9.59 Å². The summed E-state index contributed by atoms with van der Waals surface area (Å²) in [6.07, 6.45) is 1.96. The maximum Gasteiger partial charge on any atom is 0.254 e. The minimum Gasteiger partial charge on any atom is -0.490 e. The van der Waals surface area contributed by atoms with Crippen LogP contribution in [0.1, 0.15) is 30.6 Å². The Hall–Kier alpha value is -2.50. The molecular formula is C18H24N2O4. The van der Waals surface area contributed by atoms with E-state index < -0.39 is 0 Å². The van der Waals surface area contributed by atoms with E-state index in [2.05, 4.69) is 11.9 Å². The van der Waals surface area contributed by atoms with E-state index in [0.29, 0.717) is 49.8 Å². The van der Waals surface area contributed by atoms with E-state index >= 15 is 0 Å². The van der Waals surface area contributed by atoms with Crippen molar-refractivity contribution in [3.05, 3.63) is 36.4 Å². The van der Waals surface area contributed by atoms with Crippen molar-refractivity contribution in [1.29, 1.82) is 0 Å². The number of ether oxygens (including phenoxy) is 2. The van der Waals surface area contributed by atoms with Crippen molar-refractivity contribution in [3.8, 4) is 11.5 Å². The third-order valence-electron chi connectivity index (χ3n) is 3.81. The van der Waals surface area contributed by atoms with E-state index in [1.54, 1.807) is 29.2 Å². The molecule has 1 aliphatic rings. The highest BCUT2D eigenvalue weighted by Crippen LogP contribution is 2.29. The van der Waals surface area contributed by atoms with Gasteiger partial charge in [-0.05, 0) is 32.0 Å². The van der Waals surface area contributed by atoms with Gasteiger partial charge in [-0.15, -0.1) is 0 Å². The number of amides is 2. The molecule has 1 atom stereocenters. The molecule has 1 heterocycles. The van der Waals surface area contributed by atoms with Gasteiger partial charge in [-0.1, -0.05) is 12.7 Å². The maximum absolute atomic E-state index is 12.8. The Bertz CT molecular complexity index is 615. The molecule has 0 bridgehead atoms. The number of carbonyl (C=O) groups is 2. The highest BCUT2D eigenvalue weighted by Gasteiger charge is 2.26. The van der Waals surface area contributed by atoms with Gasteiger partial charge in [0, 0.05) is 31.1 Å². The van der Waals surface area contributed by atoms with Crippen molar-refractivity contribution in [2.24, 2.45) is 0 Å². The second kappa shape index (κ2) is 8.38. The molecule has 1 aromatic rings. The Morgan fingerprint density at radius 2 is 2.21 bits per heavy atom. The summed E-state index contributed by atoms with van der Waals surface area (Å²) in [5.74, 6) is 0.964. The van der Waals surface area contributed by atoms with E-state index in [-0.39, 0.29) is 17.9 Å². The molecule has 0 unspecified atom stereocenters. The van der Waals surface area contributed by atoms with Crippen LogP contribution in [0.4, 0.5) is 0 Å². The van der Waals surface area contributed by atoms with Gasteiger partial charge in [0.25, 0.3) is 5.91 Å². The summed E-state index contributed by atoms with van der Waals surface area (Å²) in [4.78, 5) is 26.1. The first kappa shape index (κ1) is 17.8. The van der Waals surface area contributed by atoms with E-state index in [1.165, 1.54) is 0 Å². The summed E-state index contributed by atoms with van der Waals surface area (Å²) in [6, 6.07) is 5.08. The van der Waals surface area contributed by atoms with Crippen molar-refractivity contribution in [1.82, 2.24) is 10.2 Å². The number of carbonyl (C=O) groups excluding carboxylic acids is 2. The van der Waals surface area contributed by atoms with Gasteiger partial charge in [0.1, 0.15) is 6.61 Å². The normalized spacial score (nSPS) is 17.7. The van der Waals surface area contributed by atoms with Crippen LogP contribution < -0.4 is 14.8 Å². The molecule has 1 N–H and O–H groups in total. The Kier molecular flexibility index (Phi) is 6.23. The molecule has 130 valence electrons. The predicted octanol–water partition coefficient (Wildman–Crippen LogP) is 2.00. The molecular weight excluding hydrogens is 308 g/mol. The molecule has 1 aliphatic heterocycles. The molecule has 6 nitrogen and oxygen atoms in total. The number of nitrogens with zero attached hydrogens (tertiary/aromatic N) is 1. The predicted molar refractivity (Wildman–Crippen MR) is 91.4 cm³/mol. The van der Waals surface area contributed by atoms with Crippen LogP contribution >= 0.6 is 0 Å². The number of nitrogens with one attached hydrogen (secondary N) is 1. The van der Waals surface area contributed by atoms with Crippen LogP contribution in [0.3, 0.4) is 0 Å². The summed E-state index contributed by atoms with van der Waals surface area (Å²) >= 11 is 0. The third-order valence-corrected chi connectivity index (χ3v) is 3.81. The van der Waals surface area contributed by atoms with Crippen molar-refractivity contribution >= 4 is 11.8 Å². The third kappa shape index (κ3) is 4.28. The summed E-state index contributed by atoms with van der Waals surface area (Å²) in [5, 5.41) is 2.81. The summed E-state index contributed by atoms with van der Waals surface area (Å²) in [6.45, 7) is 9.13. The molecule has 0 spiro atoms. The lowest BCUT2D eigenvalue weighted by Gasteiger charge is -2.26. The minimum atomic E-state index is -0.116. The topological polar surface area (TPSA) is 67.9 Å². The minimum absolute atomic E-state index is 0.0275. The Balaban J connectivity index is 2.23. The maximum atomic E-state index is 12.8. The first-order valence-corrected chi connectivity index (χ1v) is 8.15. The Labute approximate surface area is 142 Å². The standard InChI is InChI=1S/C18H24N2O4/c1-4-10-24-15-7-6-14(11-16(15)23-5-2)18(22)20-9-8-17(21)19-12-13(20)3/h4,6-7,11,13H,1,5,8-10,12H2,2-3H3,(H,19,21)/t13-/m1/s1. The Morgan fingerprint density at radius 3 is 2.92 bits per heavy atom. The van der Waals surface area contributed by atoms with Crippen LogP contribution in [0.25, 0.3) is 0 Å². The van der Waals surface area contributed by atoms with Gasteiger partial charge in [0.05, 0.1) is 6.61 Å². The van der Waals surface area contributed by atoms with Gasteiger partial charge in [-0.25, -0.2) is 0 Å². The molecule has 0 aromatic heterocycles. The van der Waals surface area contributed by atoms with E-state index in [4.69, 9.17) is 9.47 Å². The van der Waals surface area contributed by atoms with Crippen LogP contribution in [0.15, 0.2) is 30.9 Å². The smallest absolute Gasteiger partial charge is 0.254 e. The molecule has 24 heavy (non-hydrogen) atoms. The Morgan fingerprint density at radius 1 is 1.42 bits per heavy atom. The monoisotopic (exact) mass is 332 g/mol. The zero-order chi connectivity index (χ0) is 17.5. The molecule has 1 fully saturated rings. The zero-order valence-corrected chi connectivity index (χ0v) is 14.2. The number of hydrogen-bond acceptors (Lipinski definition) is 4. The van der Waals surface area contributed by atoms with Crippen molar-refractivity contribution < 1.29 is 19.1 Å². The van der Waals surface area contributed by atoms with Gasteiger partial charge >= 0.3 is 0 Å². The fourth-order valence-electron chi connectivity index (χ4n) is 2.55. The zero-order valence-electron chi connectivity index (χ0n) is 14.2. The summed E-state index contributed by atoms with van der Waals surface area (Å²) in [5.41, 5.74) is 0.519. The second-order valence-corrected chi connectivity index (χ2v) is 5.60. The van der Waals surface area contributed by atoms with Gasteiger partial charge in [0.15, 0.2) is 11.5 Å². The summed E-state index contributed by atoms with van der Waals surface area (Å²) in [7, 11) is 0. The SMILES string of the molecule is C=CCOc1ccc(C(=O)N2CCC(=O)NC[C@H]2C)cc1OCC. The van der Waals surface area contributed by atoms with Crippen LogP contribution in [-0.4, -0.2) is 49.1 Å². The van der Waals surface area contributed by atoms with Gasteiger partial charge in [0.2, 0.25) is 5.91 Å². The first-order chi connectivity index (χ1) is 11.6. The largest absolute Gasteiger partial charge is 0.490 e. The molecule has 2 amide bonds. The van der Waals surface area contributed by atoms with E-state index in [9.17, 15) is 9.59 Å². The molecule has 2 rings (SSSR count). The summed E-state index contributed by atoms with van der Waals surface area (Å²) < 4.78 is 11.1. The molecule has 1 aromatic carbocycles. The fourth-order valence-corrected chi connectivity index (χ4v) is 2.55. The quantitative estimate of drug-likeness (QED) is 0.809. The lowest BCUT2D eigenvalue weighted by atomic mass is 10.1. The van der Waals surface area contributed by atoms with Crippen molar-refractivity contribution in [2.75, 3.05) is 26.3 Å². The highest BCUT2D eigenvalue weighted by atomic mass is 16.5. The first-order valence-electron chi connectivity index (χ1n) is 8.15. The van der Waals surface area contributed by atoms with Gasteiger partial charge < -0.3 is 19.7 Å². The van der Waals surface area contributed by atoms with E-state index in [0.717, 1.165) is 0 Å². The van der Waals surface area contributed by atoms with Gasteiger partial charge in [-0.2, -0.15) is 0 Å². The average Bonchev–Trinajstić information content (AvgIpc) is 2.75. The second-order valence-electron chi connectivity index (χ2n) is 5.60. The fraction of sp³-hybridized carbons (Fsp3) is 0.444. The van der Waals surface area contributed by atoms with Crippen LogP contribution in [0, 0.1) is 0 Å². The lowest BCUT2D eigenvalue weighted by molar-refractivity contribution is -0.120. The van der Waals surface area contributed by atoms with Crippen molar-refractivity contribution in [2.45, 2.75) is 26.3 Å². The van der Waals surface area contributed by atoms with Crippen LogP contribution in [0.2, 0.25) is 0 Å². The molecule has 0 radical (unpaired) electrons. The number of benzene rings is 1. The molecule has 0 saturated carbocycles. The molecule has 0 aliphatic carbocycles. The molecule has 1 saturated heterocycles. The van der Waals surface area contributed by atoms with Crippen LogP contribution in [-0.2, 0) is 4.79 Å². The number of hydrogen-bond donors (Lipinski definition) is 1. The highest BCUT2D eigenvalue weighted by molar-refractivity contribution is 5.95. The van der Waals surface area contributed by atoms with Crippen molar-refractivity contribution in [3.63, 3.8) is 0 Å². The number of rotatable bonds is 6. The van der Waals surface area contributed by atoms with E-state index in [1.807, 2.05) is 13.8 Å². The lowest BCUT2D eigenvalue weighted by Crippen LogP contribution is -2.41. The average molecular weight is 332 g/mol. The molecule has 6 heteroatoms. The van der Waals surface area contributed by atoms with Crippen LogP contribution in [0.5, 0.6) is 11.5 Å².